The fourth-order valence-electron chi connectivity index (χ4n) is 3.16. The molecular weight excluding hydrogens is 376 g/mol. The number of carbonyl (C=O) groups is 1. The number of aromatic nitrogens is 2. The molecule has 1 saturated heterocycles. The Labute approximate surface area is 158 Å². The van der Waals surface area contributed by atoms with Crippen molar-refractivity contribution in [3.8, 4) is 0 Å². The SMILES string of the molecule is CN(C)C(=O)c1cn[nH]c1C1CCN(S(=O)(=O)c2ccc(Cl)cc2)CC1. The third-order valence-electron chi connectivity index (χ3n) is 4.62. The van der Waals surface area contributed by atoms with Crippen LogP contribution in [0, 0.1) is 0 Å². The third-order valence-corrected chi connectivity index (χ3v) is 6.78. The van der Waals surface area contributed by atoms with E-state index in [1.807, 2.05) is 0 Å². The van der Waals surface area contributed by atoms with E-state index in [1.165, 1.54) is 27.5 Å². The molecule has 0 atom stereocenters. The highest BCUT2D eigenvalue weighted by Crippen LogP contribution is 2.31. The van der Waals surface area contributed by atoms with Gasteiger partial charge in [0.25, 0.3) is 5.91 Å². The van der Waals surface area contributed by atoms with Crippen molar-refractivity contribution in [2.75, 3.05) is 27.2 Å². The Balaban J connectivity index is 1.73. The van der Waals surface area contributed by atoms with Gasteiger partial charge in [-0.3, -0.25) is 9.89 Å². The molecule has 1 N–H and O–H groups in total. The summed E-state index contributed by atoms with van der Waals surface area (Å²) in [5.41, 5.74) is 1.33. The van der Waals surface area contributed by atoms with Crippen LogP contribution < -0.4 is 0 Å². The number of nitrogens with zero attached hydrogens (tertiary/aromatic N) is 3. The zero-order chi connectivity index (χ0) is 18.9. The van der Waals surface area contributed by atoms with Gasteiger partial charge in [-0.15, -0.1) is 0 Å². The summed E-state index contributed by atoms with van der Waals surface area (Å²) < 4.78 is 27.0. The molecule has 1 aliphatic heterocycles. The molecule has 0 aliphatic carbocycles. The lowest BCUT2D eigenvalue weighted by Crippen LogP contribution is -2.38. The molecule has 1 aromatic carbocycles. The van der Waals surface area contributed by atoms with Crippen LogP contribution in [0.4, 0.5) is 0 Å². The zero-order valence-corrected chi connectivity index (χ0v) is 16.2. The maximum Gasteiger partial charge on any atom is 0.256 e. The number of nitrogens with one attached hydrogen (secondary N) is 1. The quantitative estimate of drug-likeness (QED) is 0.859. The molecule has 26 heavy (non-hydrogen) atoms. The van der Waals surface area contributed by atoms with Crippen molar-refractivity contribution in [2.24, 2.45) is 0 Å². The predicted molar refractivity (Wildman–Crippen MR) is 98.8 cm³/mol. The second kappa shape index (κ2) is 7.38. The number of halogens is 1. The first kappa shape index (κ1) is 18.9. The molecule has 1 amide bonds. The third kappa shape index (κ3) is 3.62. The summed E-state index contributed by atoms with van der Waals surface area (Å²) >= 11 is 5.84. The number of benzene rings is 1. The average molecular weight is 397 g/mol. The Bertz CT molecular complexity index is 885. The van der Waals surface area contributed by atoms with Crippen LogP contribution in [0.25, 0.3) is 0 Å². The van der Waals surface area contributed by atoms with E-state index in [0.717, 1.165) is 5.69 Å². The van der Waals surface area contributed by atoms with Gasteiger partial charge in [-0.05, 0) is 37.1 Å². The summed E-state index contributed by atoms with van der Waals surface area (Å²) in [6, 6.07) is 6.19. The molecule has 0 bridgehead atoms. The van der Waals surface area contributed by atoms with E-state index in [2.05, 4.69) is 10.2 Å². The van der Waals surface area contributed by atoms with Gasteiger partial charge in [-0.1, -0.05) is 11.6 Å². The molecule has 0 spiro atoms. The smallest absolute Gasteiger partial charge is 0.256 e. The Morgan fingerprint density at radius 3 is 2.42 bits per heavy atom. The van der Waals surface area contributed by atoms with Crippen LogP contribution in [0.3, 0.4) is 0 Å². The molecule has 0 unspecified atom stereocenters. The summed E-state index contributed by atoms with van der Waals surface area (Å²) in [5.74, 6) is -0.0296. The van der Waals surface area contributed by atoms with Gasteiger partial charge in [0, 0.05) is 38.1 Å². The molecule has 2 heterocycles. The largest absolute Gasteiger partial charge is 0.345 e. The highest BCUT2D eigenvalue weighted by atomic mass is 35.5. The van der Waals surface area contributed by atoms with Gasteiger partial charge in [0.2, 0.25) is 10.0 Å². The van der Waals surface area contributed by atoms with Gasteiger partial charge < -0.3 is 4.90 Å². The molecule has 1 aromatic heterocycles. The second-order valence-corrected chi connectivity index (χ2v) is 8.90. The molecule has 140 valence electrons. The monoisotopic (exact) mass is 396 g/mol. The fourth-order valence-corrected chi connectivity index (χ4v) is 4.75. The van der Waals surface area contributed by atoms with Crippen molar-refractivity contribution in [3.63, 3.8) is 0 Å². The number of aromatic amines is 1. The Morgan fingerprint density at radius 1 is 1.23 bits per heavy atom. The van der Waals surface area contributed by atoms with Gasteiger partial charge in [0.15, 0.2) is 0 Å². The van der Waals surface area contributed by atoms with Crippen LogP contribution in [0.5, 0.6) is 0 Å². The van der Waals surface area contributed by atoms with Crippen molar-refractivity contribution in [1.29, 1.82) is 0 Å². The van der Waals surface area contributed by atoms with Gasteiger partial charge in [-0.25, -0.2) is 8.42 Å². The van der Waals surface area contributed by atoms with Gasteiger partial charge in [0.05, 0.1) is 22.3 Å². The molecule has 0 radical (unpaired) electrons. The van der Waals surface area contributed by atoms with Gasteiger partial charge in [-0.2, -0.15) is 9.40 Å². The van der Waals surface area contributed by atoms with Crippen LogP contribution in [0.2, 0.25) is 5.02 Å². The summed E-state index contributed by atoms with van der Waals surface area (Å²) in [5, 5.41) is 7.43. The predicted octanol–water partition coefficient (Wildman–Crippen LogP) is 2.33. The van der Waals surface area contributed by atoms with Crippen molar-refractivity contribution in [1.82, 2.24) is 19.4 Å². The standard InChI is InChI=1S/C17H21ClN4O3S/c1-21(2)17(23)15-11-19-20-16(15)12-7-9-22(10-8-12)26(24,25)14-5-3-13(18)4-6-14/h3-6,11-12H,7-10H2,1-2H3,(H,19,20). The number of amides is 1. The summed E-state index contributed by atoms with van der Waals surface area (Å²) in [7, 11) is -0.148. The number of hydrogen-bond acceptors (Lipinski definition) is 4. The molecular formula is C17H21ClN4O3S. The first-order valence-corrected chi connectivity index (χ1v) is 10.1. The highest BCUT2D eigenvalue weighted by molar-refractivity contribution is 7.89. The minimum Gasteiger partial charge on any atom is -0.345 e. The summed E-state index contributed by atoms with van der Waals surface area (Å²) in [4.78, 5) is 14.0. The lowest BCUT2D eigenvalue weighted by Gasteiger charge is -2.31. The maximum atomic E-state index is 12.8. The molecule has 0 saturated carbocycles. The number of carbonyl (C=O) groups excluding carboxylic acids is 1. The summed E-state index contributed by atoms with van der Waals surface area (Å²) in [6.45, 7) is 0.786. The van der Waals surface area contributed by atoms with Crippen molar-refractivity contribution >= 4 is 27.5 Å². The number of H-pyrrole nitrogens is 1. The van der Waals surface area contributed by atoms with E-state index < -0.39 is 10.0 Å². The van der Waals surface area contributed by atoms with E-state index in [-0.39, 0.29) is 16.7 Å². The molecule has 2 aromatic rings. The first-order valence-electron chi connectivity index (χ1n) is 8.31. The Kier molecular flexibility index (Phi) is 5.36. The number of rotatable bonds is 4. The van der Waals surface area contributed by atoms with Crippen molar-refractivity contribution in [2.45, 2.75) is 23.7 Å². The Hall–Kier alpha value is -1.90. The summed E-state index contributed by atoms with van der Waals surface area (Å²) in [6.07, 6.45) is 2.79. The Morgan fingerprint density at radius 2 is 1.85 bits per heavy atom. The van der Waals surface area contributed by atoms with Crippen LogP contribution in [0.1, 0.15) is 34.8 Å². The van der Waals surface area contributed by atoms with Gasteiger partial charge >= 0.3 is 0 Å². The molecule has 9 heteroatoms. The van der Waals surface area contributed by atoms with Crippen LogP contribution in [-0.4, -0.2) is 60.9 Å². The molecule has 1 fully saturated rings. The molecule has 7 nitrogen and oxygen atoms in total. The molecule has 1 aliphatic rings. The molecule has 3 rings (SSSR count). The van der Waals surface area contributed by atoms with Crippen LogP contribution >= 0.6 is 11.6 Å². The van der Waals surface area contributed by atoms with E-state index >= 15 is 0 Å². The highest BCUT2D eigenvalue weighted by Gasteiger charge is 2.32. The first-order chi connectivity index (χ1) is 12.3. The number of hydrogen-bond donors (Lipinski definition) is 1. The minimum absolute atomic E-state index is 0.0769. The van der Waals surface area contributed by atoms with Crippen molar-refractivity contribution in [3.05, 3.63) is 46.7 Å². The fraction of sp³-hybridized carbons (Fsp3) is 0.412. The average Bonchev–Trinajstić information content (AvgIpc) is 3.11. The zero-order valence-electron chi connectivity index (χ0n) is 14.6. The lowest BCUT2D eigenvalue weighted by molar-refractivity contribution is 0.0825. The van der Waals surface area contributed by atoms with Gasteiger partial charge in [0.1, 0.15) is 0 Å². The van der Waals surface area contributed by atoms with E-state index in [0.29, 0.717) is 36.5 Å². The second-order valence-electron chi connectivity index (χ2n) is 6.53. The normalized spacial score (nSPS) is 16.6. The van der Waals surface area contributed by atoms with E-state index in [4.69, 9.17) is 11.6 Å². The topological polar surface area (TPSA) is 86.4 Å². The van der Waals surface area contributed by atoms with Crippen molar-refractivity contribution < 1.29 is 13.2 Å². The maximum absolute atomic E-state index is 12.8. The minimum atomic E-state index is -3.54. The van der Waals surface area contributed by atoms with Crippen LogP contribution in [0.15, 0.2) is 35.4 Å². The lowest BCUT2D eigenvalue weighted by atomic mass is 9.92. The van der Waals surface area contributed by atoms with E-state index in [1.54, 1.807) is 26.2 Å². The van der Waals surface area contributed by atoms with Crippen LogP contribution in [-0.2, 0) is 10.0 Å². The number of sulfonamides is 1. The van der Waals surface area contributed by atoms with E-state index in [9.17, 15) is 13.2 Å². The number of piperidine rings is 1.